The number of esters is 1. The first kappa shape index (κ1) is 23.6. The topological polar surface area (TPSA) is 92.9 Å². The molecular weight excluding hydrogens is 404 g/mol. The molecule has 1 heterocycles. The van der Waals surface area contributed by atoms with Crippen molar-refractivity contribution in [1.82, 2.24) is 0 Å². The molecule has 172 valence electrons. The molecule has 3 N–H and O–H groups in total. The van der Waals surface area contributed by atoms with Crippen molar-refractivity contribution in [3.05, 3.63) is 59.2 Å². The Morgan fingerprint density at radius 3 is 2.34 bits per heavy atom. The molecule has 0 saturated carbocycles. The lowest BCUT2D eigenvalue weighted by atomic mass is 9.77. The molecule has 0 bridgehead atoms. The number of anilines is 1. The first-order chi connectivity index (χ1) is 15.5. The number of hydrogen-bond acceptors (Lipinski definition) is 5. The summed E-state index contributed by atoms with van der Waals surface area (Å²) < 4.78 is 5.06. The summed E-state index contributed by atoms with van der Waals surface area (Å²) in [5, 5.41) is 10.3. The van der Waals surface area contributed by atoms with Gasteiger partial charge in [0.05, 0.1) is 18.1 Å². The summed E-state index contributed by atoms with van der Waals surface area (Å²) in [7, 11) is 0. The highest BCUT2D eigenvalue weighted by molar-refractivity contribution is 5.90. The maximum absolute atomic E-state index is 12.7. The molecule has 2 atom stereocenters. The maximum Gasteiger partial charge on any atom is 0.338 e. The van der Waals surface area contributed by atoms with Gasteiger partial charge in [0.15, 0.2) is 0 Å². The van der Waals surface area contributed by atoms with Gasteiger partial charge in [0.1, 0.15) is 5.75 Å². The average molecular weight is 439 g/mol. The summed E-state index contributed by atoms with van der Waals surface area (Å²) in [5.74, 6) is -1.38. The molecule has 1 fully saturated rings. The van der Waals surface area contributed by atoms with Gasteiger partial charge in [0.2, 0.25) is 5.91 Å². The largest absolute Gasteiger partial charge is 0.508 e. The summed E-state index contributed by atoms with van der Waals surface area (Å²) in [6.45, 7) is 6.08. The molecule has 1 aliphatic rings. The molecule has 32 heavy (non-hydrogen) atoms. The third kappa shape index (κ3) is 5.42. The Morgan fingerprint density at radius 2 is 1.75 bits per heavy atom. The summed E-state index contributed by atoms with van der Waals surface area (Å²) >= 11 is 0. The van der Waals surface area contributed by atoms with Gasteiger partial charge in [0.25, 0.3) is 0 Å². The Kier molecular flexibility index (Phi) is 8.14. The van der Waals surface area contributed by atoms with Gasteiger partial charge >= 0.3 is 5.97 Å². The van der Waals surface area contributed by atoms with Gasteiger partial charge in [-0.1, -0.05) is 25.5 Å². The summed E-state index contributed by atoms with van der Waals surface area (Å²) in [6, 6.07) is 12.4. The lowest BCUT2D eigenvalue weighted by molar-refractivity contribution is -0.120. The number of amides is 1. The van der Waals surface area contributed by atoms with Gasteiger partial charge in [-0.05, 0) is 74.1 Å². The highest BCUT2D eigenvalue weighted by atomic mass is 16.5. The second kappa shape index (κ2) is 11.0. The number of primary amides is 1. The lowest BCUT2D eigenvalue weighted by Gasteiger charge is -2.34. The molecule has 1 saturated heterocycles. The molecular formula is C26H34N2O4. The lowest BCUT2D eigenvalue weighted by Crippen LogP contribution is -2.32. The SMILES string of the molecule is CCCC(c1cc(O)ccc1N1CCCCC1)C(C(N)=O)c1ccc(C(=O)OCC)cc1. The van der Waals surface area contributed by atoms with Crippen LogP contribution in [0.4, 0.5) is 5.69 Å². The van der Waals surface area contributed by atoms with Gasteiger partial charge in [-0.25, -0.2) is 4.79 Å². The normalized spacial score (nSPS) is 15.8. The monoisotopic (exact) mass is 438 g/mol. The van der Waals surface area contributed by atoms with Gasteiger partial charge in [-0.3, -0.25) is 4.79 Å². The van der Waals surface area contributed by atoms with Crippen molar-refractivity contribution in [2.24, 2.45) is 5.73 Å². The van der Waals surface area contributed by atoms with Gasteiger partial charge in [0, 0.05) is 24.7 Å². The van der Waals surface area contributed by atoms with E-state index in [9.17, 15) is 14.7 Å². The zero-order valence-corrected chi connectivity index (χ0v) is 19.0. The van der Waals surface area contributed by atoms with Crippen LogP contribution in [-0.4, -0.2) is 36.7 Å². The molecule has 1 amide bonds. The third-order valence-corrected chi connectivity index (χ3v) is 6.20. The number of piperidine rings is 1. The van der Waals surface area contributed by atoms with Crippen LogP contribution in [0.2, 0.25) is 0 Å². The second-order valence-corrected chi connectivity index (χ2v) is 8.41. The first-order valence-corrected chi connectivity index (χ1v) is 11.6. The number of phenols is 1. The van der Waals surface area contributed by atoms with Crippen molar-refractivity contribution in [2.75, 3.05) is 24.6 Å². The Morgan fingerprint density at radius 1 is 1.06 bits per heavy atom. The Balaban J connectivity index is 2.02. The number of carbonyl (C=O) groups is 2. The van der Waals surface area contributed by atoms with Crippen molar-refractivity contribution in [2.45, 2.75) is 57.8 Å². The molecule has 0 aromatic heterocycles. The molecule has 2 unspecified atom stereocenters. The van der Waals surface area contributed by atoms with Crippen LogP contribution in [-0.2, 0) is 9.53 Å². The van der Waals surface area contributed by atoms with Crippen molar-refractivity contribution in [1.29, 1.82) is 0 Å². The van der Waals surface area contributed by atoms with E-state index in [1.165, 1.54) is 6.42 Å². The fraction of sp³-hybridized carbons (Fsp3) is 0.462. The molecule has 0 aliphatic carbocycles. The molecule has 6 nitrogen and oxygen atoms in total. The van der Waals surface area contributed by atoms with E-state index in [2.05, 4.69) is 11.8 Å². The number of benzene rings is 2. The zero-order valence-electron chi connectivity index (χ0n) is 19.0. The van der Waals surface area contributed by atoms with E-state index in [1.807, 2.05) is 6.07 Å². The van der Waals surface area contributed by atoms with E-state index in [0.717, 1.165) is 55.6 Å². The molecule has 1 aliphatic heterocycles. The minimum absolute atomic E-state index is 0.183. The fourth-order valence-electron chi connectivity index (χ4n) is 4.71. The van der Waals surface area contributed by atoms with E-state index in [-0.39, 0.29) is 17.6 Å². The molecule has 6 heteroatoms. The van der Waals surface area contributed by atoms with Crippen LogP contribution in [0.25, 0.3) is 0 Å². The van der Waals surface area contributed by atoms with Crippen LogP contribution in [0.3, 0.4) is 0 Å². The van der Waals surface area contributed by atoms with Crippen molar-refractivity contribution in [3.63, 3.8) is 0 Å². The quantitative estimate of drug-likeness (QED) is 0.553. The maximum atomic E-state index is 12.7. The van der Waals surface area contributed by atoms with Gasteiger partial charge < -0.3 is 20.5 Å². The van der Waals surface area contributed by atoms with E-state index in [4.69, 9.17) is 10.5 Å². The smallest absolute Gasteiger partial charge is 0.338 e. The number of aromatic hydroxyl groups is 1. The minimum Gasteiger partial charge on any atom is -0.508 e. The molecule has 0 radical (unpaired) electrons. The molecule has 0 spiro atoms. The second-order valence-electron chi connectivity index (χ2n) is 8.41. The van der Waals surface area contributed by atoms with Crippen LogP contribution in [0, 0.1) is 0 Å². The number of phenolic OH excluding ortho intramolecular Hbond substituents is 1. The van der Waals surface area contributed by atoms with E-state index in [1.54, 1.807) is 43.3 Å². The van der Waals surface area contributed by atoms with Crippen molar-refractivity contribution < 1.29 is 19.4 Å². The Hall–Kier alpha value is -3.02. The van der Waals surface area contributed by atoms with Crippen LogP contribution in [0.15, 0.2) is 42.5 Å². The highest BCUT2D eigenvalue weighted by Crippen LogP contribution is 2.42. The fourth-order valence-corrected chi connectivity index (χ4v) is 4.71. The number of ether oxygens (including phenoxy) is 1. The number of nitrogens with two attached hydrogens (primary N) is 1. The van der Waals surface area contributed by atoms with Crippen molar-refractivity contribution >= 4 is 17.6 Å². The summed E-state index contributed by atoms with van der Waals surface area (Å²) in [5.41, 5.74) is 9.16. The van der Waals surface area contributed by atoms with Crippen LogP contribution in [0.1, 0.15) is 79.3 Å². The van der Waals surface area contributed by atoms with Gasteiger partial charge in [-0.15, -0.1) is 0 Å². The standard InChI is InChI=1S/C26H34N2O4/c1-3-8-21(22-17-20(29)13-14-23(22)28-15-6-5-7-16-28)24(25(27)30)18-9-11-19(12-10-18)26(31)32-4-2/h9-14,17,21,24,29H,3-8,15-16H2,1-2H3,(H2,27,30). The minimum atomic E-state index is -0.573. The van der Waals surface area contributed by atoms with Crippen LogP contribution in [0.5, 0.6) is 5.75 Å². The molecule has 2 aromatic rings. The Labute approximate surface area is 190 Å². The number of carbonyl (C=O) groups excluding carboxylic acids is 2. The predicted octanol–water partition coefficient (Wildman–Crippen LogP) is 4.71. The van der Waals surface area contributed by atoms with E-state index >= 15 is 0 Å². The summed E-state index contributed by atoms with van der Waals surface area (Å²) in [6.07, 6.45) is 5.10. The molecule has 2 aromatic carbocycles. The average Bonchev–Trinajstić information content (AvgIpc) is 2.79. The van der Waals surface area contributed by atoms with Crippen molar-refractivity contribution in [3.8, 4) is 5.75 Å². The number of nitrogens with zero attached hydrogens (tertiary/aromatic N) is 1. The van der Waals surface area contributed by atoms with E-state index in [0.29, 0.717) is 12.2 Å². The molecule has 3 rings (SSSR count). The van der Waals surface area contributed by atoms with Gasteiger partial charge in [-0.2, -0.15) is 0 Å². The zero-order chi connectivity index (χ0) is 23.1. The van der Waals surface area contributed by atoms with E-state index < -0.39 is 11.8 Å². The van der Waals surface area contributed by atoms with Crippen LogP contribution < -0.4 is 10.6 Å². The number of rotatable bonds is 9. The summed E-state index contributed by atoms with van der Waals surface area (Å²) in [4.78, 5) is 27.1. The highest BCUT2D eigenvalue weighted by Gasteiger charge is 2.32. The van der Waals surface area contributed by atoms with Crippen LogP contribution >= 0.6 is 0 Å². The first-order valence-electron chi connectivity index (χ1n) is 11.6. The third-order valence-electron chi connectivity index (χ3n) is 6.20. The Bertz CT molecular complexity index is 920. The number of hydrogen-bond donors (Lipinski definition) is 2. The predicted molar refractivity (Wildman–Crippen MR) is 126 cm³/mol.